The second-order valence-electron chi connectivity index (χ2n) is 8.19. The quantitative estimate of drug-likeness (QED) is 0.597. The predicted octanol–water partition coefficient (Wildman–Crippen LogP) is 3.65. The molecule has 2 aromatic heterocycles. The van der Waals surface area contributed by atoms with Gasteiger partial charge in [-0.25, -0.2) is 4.79 Å². The fraction of sp³-hybridized carbons (Fsp3) is 0.348. The molecule has 2 aliphatic heterocycles. The molecule has 4 heterocycles. The van der Waals surface area contributed by atoms with Gasteiger partial charge in [0.05, 0.1) is 24.9 Å². The number of carbonyl (C=O) groups excluding carboxylic acids is 1. The molecule has 34 heavy (non-hydrogen) atoms. The summed E-state index contributed by atoms with van der Waals surface area (Å²) in [5.41, 5.74) is 1.40. The molecule has 180 valence electrons. The maximum absolute atomic E-state index is 12.9. The highest BCUT2D eigenvalue weighted by Gasteiger charge is 2.47. The maximum atomic E-state index is 12.9. The second kappa shape index (κ2) is 9.34. The number of aliphatic carboxylic acids is 1. The summed E-state index contributed by atoms with van der Waals surface area (Å²) in [7, 11) is 0. The van der Waals surface area contributed by atoms with Crippen molar-refractivity contribution in [2.45, 2.75) is 30.7 Å². The molecule has 2 N–H and O–H groups in total. The second-order valence-corrected chi connectivity index (χ2v) is 8.19. The van der Waals surface area contributed by atoms with E-state index in [-0.39, 0.29) is 17.6 Å². The van der Waals surface area contributed by atoms with E-state index < -0.39 is 12.1 Å². The summed E-state index contributed by atoms with van der Waals surface area (Å²) >= 11 is 0. The van der Waals surface area contributed by atoms with E-state index in [2.05, 4.69) is 9.97 Å². The zero-order valence-electron chi connectivity index (χ0n) is 17.9. The van der Waals surface area contributed by atoms with E-state index in [9.17, 15) is 18.0 Å². The molecule has 0 bridgehead atoms. The van der Waals surface area contributed by atoms with Crippen LogP contribution in [0.25, 0.3) is 10.9 Å². The number of aromatic amines is 1. The molecule has 2 atom stereocenters. The molecule has 0 aliphatic carbocycles. The molecule has 11 heteroatoms. The van der Waals surface area contributed by atoms with Crippen molar-refractivity contribution in [3.63, 3.8) is 0 Å². The van der Waals surface area contributed by atoms with E-state index in [1.807, 2.05) is 47.5 Å². The minimum Gasteiger partial charge on any atom is -0.486 e. The Bertz CT molecular complexity index is 1170. The Kier molecular flexibility index (Phi) is 6.47. The van der Waals surface area contributed by atoms with Gasteiger partial charge in [0.15, 0.2) is 0 Å². The Balaban J connectivity index is 0.000000344. The number of nitrogens with zero attached hydrogens (tertiary/aromatic N) is 2. The van der Waals surface area contributed by atoms with Gasteiger partial charge in [0, 0.05) is 36.4 Å². The van der Waals surface area contributed by atoms with Gasteiger partial charge < -0.3 is 24.5 Å². The van der Waals surface area contributed by atoms with Crippen LogP contribution in [0.4, 0.5) is 13.2 Å². The Morgan fingerprint density at radius 1 is 1.26 bits per heavy atom. The average molecular weight is 477 g/mol. The van der Waals surface area contributed by atoms with Crippen molar-refractivity contribution in [1.29, 1.82) is 0 Å². The van der Waals surface area contributed by atoms with Crippen molar-refractivity contribution in [1.82, 2.24) is 14.9 Å². The number of hydrogen-bond donors (Lipinski definition) is 2. The van der Waals surface area contributed by atoms with Crippen molar-refractivity contribution in [3.05, 3.63) is 60.6 Å². The highest BCUT2D eigenvalue weighted by molar-refractivity contribution is 5.98. The Morgan fingerprint density at radius 2 is 2.06 bits per heavy atom. The molecule has 1 spiro atoms. The number of ether oxygens (including phenoxy) is 2. The number of halogens is 3. The molecule has 2 fully saturated rings. The Hall–Kier alpha value is -3.60. The van der Waals surface area contributed by atoms with Crippen molar-refractivity contribution >= 4 is 22.8 Å². The van der Waals surface area contributed by atoms with Crippen molar-refractivity contribution < 1.29 is 37.3 Å². The highest BCUT2D eigenvalue weighted by atomic mass is 19.4. The molecule has 2 unspecified atom stereocenters. The van der Waals surface area contributed by atoms with Crippen LogP contribution in [0.15, 0.2) is 55.0 Å². The number of amides is 1. The predicted molar refractivity (Wildman–Crippen MR) is 114 cm³/mol. The largest absolute Gasteiger partial charge is 0.490 e. The highest BCUT2D eigenvalue weighted by Crippen LogP contribution is 2.37. The van der Waals surface area contributed by atoms with Crippen LogP contribution in [0.5, 0.6) is 5.75 Å². The van der Waals surface area contributed by atoms with Crippen LogP contribution in [0, 0.1) is 0 Å². The Labute approximate surface area is 192 Å². The number of carboxylic acids is 1. The number of hydrogen-bond acceptors (Lipinski definition) is 5. The Morgan fingerprint density at radius 3 is 2.76 bits per heavy atom. The maximum Gasteiger partial charge on any atom is 0.490 e. The van der Waals surface area contributed by atoms with Crippen LogP contribution >= 0.6 is 0 Å². The summed E-state index contributed by atoms with van der Waals surface area (Å²) in [5.74, 6) is -1.94. The van der Waals surface area contributed by atoms with Crippen molar-refractivity contribution in [2.75, 3.05) is 19.7 Å². The number of carbonyl (C=O) groups is 2. The number of rotatable bonds is 3. The van der Waals surface area contributed by atoms with Gasteiger partial charge in [-0.1, -0.05) is 6.07 Å². The van der Waals surface area contributed by atoms with Gasteiger partial charge in [0.1, 0.15) is 11.9 Å². The summed E-state index contributed by atoms with van der Waals surface area (Å²) in [6, 6.07) is 11.6. The molecule has 2 aliphatic rings. The average Bonchev–Trinajstić information content (AvgIpc) is 3.54. The van der Waals surface area contributed by atoms with E-state index >= 15 is 0 Å². The van der Waals surface area contributed by atoms with Crippen LogP contribution in [0.3, 0.4) is 0 Å². The summed E-state index contributed by atoms with van der Waals surface area (Å²) in [6.07, 6.45) is 1.88. The van der Waals surface area contributed by atoms with Gasteiger partial charge in [0.2, 0.25) is 0 Å². The number of alkyl halides is 3. The van der Waals surface area contributed by atoms with Crippen LogP contribution in [-0.2, 0) is 9.53 Å². The molecule has 2 saturated heterocycles. The SMILES string of the molecule is O=C(O)C(F)(F)F.O=C(c1ccc2cc[nH]c2c1)N1CCC2(CC(Oc3cccnc3)CO2)C1. The van der Waals surface area contributed by atoms with E-state index in [0.29, 0.717) is 25.3 Å². The number of pyridine rings is 1. The first-order valence-corrected chi connectivity index (χ1v) is 10.5. The van der Waals surface area contributed by atoms with Crippen LogP contribution in [0.1, 0.15) is 23.2 Å². The summed E-state index contributed by atoms with van der Waals surface area (Å²) in [6.45, 7) is 1.87. The third-order valence-corrected chi connectivity index (χ3v) is 5.76. The lowest BCUT2D eigenvalue weighted by molar-refractivity contribution is -0.192. The number of benzene rings is 1. The zero-order chi connectivity index (χ0) is 24.3. The number of carboxylic acid groups (broad SMARTS) is 1. The number of likely N-dealkylation sites (tertiary alicyclic amines) is 1. The molecule has 0 radical (unpaired) electrons. The monoisotopic (exact) mass is 477 g/mol. The number of aromatic nitrogens is 2. The topological polar surface area (TPSA) is 105 Å². The number of nitrogens with one attached hydrogen (secondary N) is 1. The molecular formula is C23H22F3N3O5. The number of H-pyrrole nitrogens is 1. The van der Waals surface area contributed by atoms with Gasteiger partial charge in [-0.05, 0) is 42.1 Å². The van der Waals surface area contributed by atoms with E-state index in [0.717, 1.165) is 29.5 Å². The van der Waals surface area contributed by atoms with Gasteiger partial charge in [-0.15, -0.1) is 0 Å². The molecule has 1 amide bonds. The van der Waals surface area contributed by atoms with Gasteiger partial charge in [0.25, 0.3) is 5.91 Å². The third-order valence-electron chi connectivity index (χ3n) is 5.76. The lowest BCUT2D eigenvalue weighted by Gasteiger charge is -2.23. The lowest BCUT2D eigenvalue weighted by atomic mass is 9.98. The molecule has 0 saturated carbocycles. The summed E-state index contributed by atoms with van der Waals surface area (Å²) in [4.78, 5) is 31.0. The van der Waals surface area contributed by atoms with Gasteiger partial charge in [-0.3, -0.25) is 9.78 Å². The first-order valence-electron chi connectivity index (χ1n) is 10.5. The van der Waals surface area contributed by atoms with E-state index in [1.54, 1.807) is 12.4 Å². The smallest absolute Gasteiger partial charge is 0.486 e. The minimum absolute atomic E-state index is 0.000444. The van der Waals surface area contributed by atoms with Gasteiger partial charge in [-0.2, -0.15) is 13.2 Å². The first-order chi connectivity index (χ1) is 16.2. The van der Waals surface area contributed by atoms with Crippen LogP contribution in [-0.4, -0.2) is 69.4 Å². The lowest BCUT2D eigenvalue weighted by Crippen LogP contribution is -2.36. The summed E-state index contributed by atoms with van der Waals surface area (Å²) < 4.78 is 43.8. The fourth-order valence-corrected chi connectivity index (χ4v) is 4.15. The number of fused-ring (bicyclic) bond motifs is 1. The molecule has 8 nitrogen and oxygen atoms in total. The van der Waals surface area contributed by atoms with Crippen molar-refractivity contribution in [3.8, 4) is 5.75 Å². The molecule has 3 aromatic rings. The summed E-state index contributed by atoms with van der Waals surface area (Å²) in [5, 5.41) is 8.24. The van der Waals surface area contributed by atoms with Crippen LogP contribution < -0.4 is 4.74 Å². The standard InChI is InChI=1S/C21H21N3O3.C2HF3O2/c25-20(16-4-3-15-5-8-23-19(15)10-16)24-9-6-21(14-24)11-18(13-26-21)27-17-2-1-7-22-12-17;3-2(4,5)1(6)7/h1-5,7-8,10,12,18,23H,6,9,11,13-14H2;(H,6,7). The first kappa shape index (κ1) is 23.6. The van der Waals surface area contributed by atoms with E-state index in [4.69, 9.17) is 19.4 Å². The van der Waals surface area contributed by atoms with Gasteiger partial charge >= 0.3 is 12.1 Å². The molecule has 5 rings (SSSR count). The van der Waals surface area contributed by atoms with E-state index in [1.165, 1.54) is 0 Å². The fourth-order valence-electron chi connectivity index (χ4n) is 4.15. The third kappa shape index (κ3) is 5.30. The zero-order valence-corrected chi connectivity index (χ0v) is 17.9. The van der Waals surface area contributed by atoms with Crippen LogP contribution in [0.2, 0.25) is 0 Å². The van der Waals surface area contributed by atoms with Crippen molar-refractivity contribution in [2.24, 2.45) is 0 Å². The minimum atomic E-state index is -5.08. The molecular weight excluding hydrogens is 455 g/mol. The normalized spacial score (nSPS) is 22.0. The molecule has 1 aromatic carbocycles.